The molecule has 0 rings (SSSR count). The van der Waals surface area contributed by atoms with Gasteiger partial charge in [0.15, 0.2) is 0 Å². The van der Waals surface area contributed by atoms with E-state index in [0.717, 1.165) is 6.61 Å². The fourth-order valence-corrected chi connectivity index (χ4v) is 1.07. The number of halogens is 1. The van der Waals surface area contributed by atoms with Crippen molar-refractivity contribution in [3.8, 4) is 0 Å². The molecule has 38 valence electrons. The monoisotopic (exact) mass is 124 g/mol. The average Bonchev–Trinajstić information content (AvgIpc) is 1.35. The lowest BCUT2D eigenvalue weighted by molar-refractivity contribution is 0.358. The Morgan fingerprint density at radius 1 is 1.83 bits per heavy atom. The van der Waals surface area contributed by atoms with Gasteiger partial charge in [0.2, 0.25) is 0 Å². The molecule has 0 N–H and O–H groups in total. The standard InChI is InChI=1S/C3H9ClOSi/c1-3-5-6(2)4/h6H,3H2,1-2H3. The van der Waals surface area contributed by atoms with Crippen molar-refractivity contribution in [1.82, 2.24) is 0 Å². The molecule has 0 bridgehead atoms. The van der Waals surface area contributed by atoms with Crippen molar-refractivity contribution >= 4 is 19.4 Å². The second-order valence-corrected chi connectivity index (χ2v) is 4.26. The van der Waals surface area contributed by atoms with Crippen LogP contribution in [0.25, 0.3) is 0 Å². The van der Waals surface area contributed by atoms with Gasteiger partial charge >= 0.3 is 0 Å². The van der Waals surface area contributed by atoms with E-state index in [2.05, 4.69) is 0 Å². The van der Waals surface area contributed by atoms with E-state index >= 15 is 0 Å². The minimum atomic E-state index is -1.20. The van der Waals surface area contributed by atoms with Crippen LogP contribution in [0.15, 0.2) is 0 Å². The van der Waals surface area contributed by atoms with E-state index in [-0.39, 0.29) is 0 Å². The highest BCUT2D eigenvalue weighted by Crippen LogP contribution is 1.87. The molecule has 0 aliphatic rings. The first-order valence-corrected chi connectivity index (χ1v) is 5.40. The zero-order valence-electron chi connectivity index (χ0n) is 4.07. The molecule has 0 heterocycles. The van der Waals surface area contributed by atoms with Gasteiger partial charge in [0, 0.05) is 6.61 Å². The van der Waals surface area contributed by atoms with Crippen LogP contribution in [0.4, 0.5) is 0 Å². The smallest absolute Gasteiger partial charge is 0.270 e. The summed E-state index contributed by atoms with van der Waals surface area (Å²) in [6.07, 6.45) is 0. The zero-order valence-corrected chi connectivity index (χ0v) is 5.98. The fourth-order valence-electron chi connectivity index (χ4n) is 0.230. The molecule has 1 nitrogen and oxygen atoms in total. The molecule has 0 aromatic heterocycles. The first-order valence-electron chi connectivity index (χ1n) is 2.03. The minimum absolute atomic E-state index is 0.761. The van der Waals surface area contributed by atoms with Gasteiger partial charge < -0.3 is 4.43 Å². The maximum atomic E-state index is 5.49. The first kappa shape index (κ1) is 6.47. The molecule has 0 saturated heterocycles. The quantitative estimate of drug-likeness (QED) is 0.396. The molecule has 0 aromatic rings. The third-order valence-corrected chi connectivity index (χ3v) is 1.57. The van der Waals surface area contributed by atoms with Crippen LogP contribution in [0.5, 0.6) is 0 Å². The molecule has 1 atom stereocenters. The molecule has 0 aromatic carbocycles. The van der Waals surface area contributed by atoms with Crippen LogP contribution >= 0.6 is 11.1 Å². The lowest BCUT2D eigenvalue weighted by atomic mass is 10.9. The van der Waals surface area contributed by atoms with E-state index in [1.54, 1.807) is 0 Å². The van der Waals surface area contributed by atoms with Gasteiger partial charge in [0.05, 0.1) is 0 Å². The Bertz CT molecular complexity index is 32.0. The van der Waals surface area contributed by atoms with E-state index < -0.39 is 8.35 Å². The lowest BCUT2D eigenvalue weighted by Crippen LogP contribution is -2.02. The van der Waals surface area contributed by atoms with E-state index in [9.17, 15) is 0 Å². The summed E-state index contributed by atoms with van der Waals surface area (Å²) in [6, 6.07) is 0. The molecule has 0 aliphatic heterocycles. The predicted molar refractivity (Wildman–Crippen MR) is 30.5 cm³/mol. The Morgan fingerprint density at radius 2 is 2.33 bits per heavy atom. The summed E-state index contributed by atoms with van der Waals surface area (Å²) in [4.78, 5) is 0. The molecule has 3 heteroatoms. The Kier molecular flexibility index (Phi) is 3.93. The Balaban J connectivity index is 2.63. The Labute approximate surface area is 44.7 Å². The number of hydrogen-bond donors (Lipinski definition) is 0. The third-order valence-electron chi connectivity index (χ3n) is 0.396. The van der Waals surface area contributed by atoms with Crippen molar-refractivity contribution in [2.24, 2.45) is 0 Å². The molecular formula is C3H9ClOSi. The fraction of sp³-hybridized carbons (Fsp3) is 1.00. The summed E-state index contributed by atoms with van der Waals surface area (Å²) in [5.74, 6) is 0. The lowest BCUT2D eigenvalue weighted by Gasteiger charge is -1.95. The summed E-state index contributed by atoms with van der Waals surface area (Å²) in [7, 11) is -1.20. The maximum Gasteiger partial charge on any atom is 0.270 e. The molecular weight excluding hydrogens is 116 g/mol. The summed E-state index contributed by atoms with van der Waals surface area (Å²) < 4.78 is 4.95. The second-order valence-electron chi connectivity index (χ2n) is 0.998. The first-order chi connectivity index (χ1) is 2.77. The molecule has 1 unspecified atom stereocenters. The van der Waals surface area contributed by atoms with E-state index in [4.69, 9.17) is 15.5 Å². The zero-order chi connectivity index (χ0) is 4.99. The summed E-state index contributed by atoms with van der Waals surface area (Å²) in [5, 5.41) is 0. The van der Waals surface area contributed by atoms with Crippen molar-refractivity contribution in [2.45, 2.75) is 13.5 Å². The van der Waals surface area contributed by atoms with Crippen molar-refractivity contribution in [3.63, 3.8) is 0 Å². The van der Waals surface area contributed by atoms with Crippen molar-refractivity contribution < 1.29 is 4.43 Å². The molecule has 0 fully saturated rings. The van der Waals surface area contributed by atoms with Crippen LogP contribution in [0.2, 0.25) is 6.55 Å². The van der Waals surface area contributed by atoms with Crippen molar-refractivity contribution in [2.75, 3.05) is 6.61 Å². The highest BCUT2D eigenvalue weighted by molar-refractivity contribution is 7.02. The van der Waals surface area contributed by atoms with Crippen LogP contribution in [0.3, 0.4) is 0 Å². The Hall–Kier alpha value is 0.467. The number of rotatable bonds is 2. The van der Waals surface area contributed by atoms with Gasteiger partial charge in [0.1, 0.15) is 0 Å². The van der Waals surface area contributed by atoms with Crippen LogP contribution in [-0.2, 0) is 4.43 Å². The summed E-state index contributed by atoms with van der Waals surface area (Å²) in [6.45, 7) is 4.65. The molecule has 0 saturated carbocycles. The van der Waals surface area contributed by atoms with E-state index in [1.165, 1.54) is 0 Å². The summed E-state index contributed by atoms with van der Waals surface area (Å²) >= 11 is 5.49. The van der Waals surface area contributed by atoms with Gasteiger partial charge in [-0.15, -0.1) is 11.1 Å². The normalized spacial score (nSPS) is 14.5. The molecule has 6 heavy (non-hydrogen) atoms. The van der Waals surface area contributed by atoms with E-state index in [1.807, 2.05) is 13.5 Å². The van der Waals surface area contributed by atoms with Crippen LogP contribution in [0.1, 0.15) is 6.92 Å². The number of hydrogen-bond acceptors (Lipinski definition) is 1. The van der Waals surface area contributed by atoms with Gasteiger partial charge in [-0.1, -0.05) is 0 Å². The summed E-state index contributed by atoms with van der Waals surface area (Å²) in [5.41, 5.74) is 0. The molecule has 0 spiro atoms. The largest absolute Gasteiger partial charge is 0.406 e. The molecule has 0 amide bonds. The average molecular weight is 125 g/mol. The topological polar surface area (TPSA) is 9.23 Å². The van der Waals surface area contributed by atoms with Crippen LogP contribution in [-0.4, -0.2) is 15.0 Å². The van der Waals surface area contributed by atoms with Gasteiger partial charge in [-0.3, -0.25) is 0 Å². The van der Waals surface area contributed by atoms with Crippen LogP contribution < -0.4 is 0 Å². The minimum Gasteiger partial charge on any atom is -0.406 e. The van der Waals surface area contributed by atoms with Crippen LogP contribution in [0, 0.1) is 0 Å². The highest BCUT2D eigenvalue weighted by Gasteiger charge is 1.91. The third kappa shape index (κ3) is 4.47. The van der Waals surface area contributed by atoms with Gasteiger partial charge in [-0.25, -0.2) is 0 Å². The molecule has 0 radical (unpaired) electrons. The Morgan fingerprint density at radius 3 is 2.33 bits per heavy atom. The van der Waals surface area contributed by atoms with E-state index in [0.29, 0.717) is 0 Å². The predicted octanol–water partition coefficient (Wildman–Crippen LogP) is 1.11. The van der Waals surface area contributed by atoms with Gasteiger partial charge in [-0.2, -0.15) is 0 Å². The highest BCUT2D eigenvalue weighted by atomic mass is 35.6. The van der Waals surface area contributed by atoms with Gasteiger partial charge in [0.25, 0.3) is 8.35 Å². The van der Waals surface area contributed by atoms with Crippen molar-refractivity contribution in [1.29, 1.82) is 0 Å². The second kappa shape index (κ2) is 3.65. The van der Waals surface area contributed by atoms with Crippen molar-refractivity contribution in [3.05, 3.63) is 0 Å². The SMILES string of the molecule is CCO[SiH](C)Cl. The maximum absolute atomic E-state index is 5.49. The molecule has 0 aliphatic carbocycles. The van der Waals surface area contributed by atoms with Gasteiger partial charge in [-0.05, 0) is 13.5 Å².